The minimum Gasteiger partial charge on any atom is -0.478 e. The summed E-state index contributed by atoms with van der Waals surface area (Å²) in [4.78, 5) is 29.9. The molecule has 0 unspecified atom stereocenters. The lowest BCUT2D eigenvalue weighted by atomic mass is 10.2. The molecule has 1 heterocycles. The van der Waals surface area contributed by atoms with Crippen molar-refractivity contribution in [2.24, 2.45) is 0 Å². The van der Waals surface area contributed by atoms with Crippen LogP contribution in [0.15, 0.2) is 12.1 Å². The van der Waals surface area contributed by atoms with Crippen LogP contribution in [0.1, 0.15) is 17.3 Å². The lowest BCUT2D eigenvalue weighted by Gasteiger charge is -2.24. The average Bonchev–Trinajstić information content (AvgIpc) is 2.34. The van der Waals surface area contributed by atoms with E-state index >= 15 is 0 Å². The zero-order valence-electron chi connectivity index (χ0n) is 11.1. The third-order valence-corrected chi connectivity index (χ3v) is 2.79. The highest BCUT2D eigenvalue weighted by atomic mass is 35.5. The number of rotatable bonds is 5. The van der Waals surface area contributed by atoms with Crippen molar-refractivity contribution in [2.45, 2.75) is 6.92 Å². The molecule has 7 heteroatoms. The molecule has 0 aromatic carbocycles. The first-order valence-corrected chi connectivity index (χ1v) is 6.09. The normalized spacial score (nSPS) is 10.1. The Morgan fingerprint density at radius 3 is 2.47 bits per heavy atom. The summed E-state index contributed by atoms with van der Waals surface area (Å²) < 4.78 is 0. The van der Waals surface area contributed by atoms with Crippen LogP contribution in [0.2, 0.25) is 5.15 Å². The molecule has 0 bridgehead atoms. The molecule has 0 radical (unpaired) electrons. The van der Waals surface area contributed by atoms with Crippen molar-refractivity contribution in [3.63, 3.8) is 0 Å². The van der Waals surface area contributed by atoms with Crippen molar-refractivity contribution in [1.29, 1.82) is 0 Å². The third-order valence-electron chi connectivity index (χ3n) is 2.58. The molecule has 0 aliphatic carbocycles. The van der Waals surface area contributed by atoms with Crippen molar-refractivity contribution in [3.8, 4) is 0 Å². The summed E-state index contributed by atoms with van der Waals surface area (Å²) in [5, 5.41) is 9.33. The fraction of sp³-hybridized carbons (Fsp3) is 0.417. The summed E-state index contributed by atoms with van der Waals surface area (Å²) in [6.45, 7) is 2.32. The largest absolute Gasteiger partial charge is 0.478 e. The molecule has 0 atom stereocenters. The van der Waals surface area contributed by atoms with E-state index in [4.69, 9.17) is 16.7 Å². The van der Waals surface area contributed by atoms with E-state index in [0.717, 1.165) is 0 Å². The molecule has 0 saturated carbocycles. The molecule has 0 aliphatic rings. The van der Waals surface area contributed by atoms with Gasteiger partial charge in [0.15, 0.2) is 0 Å². The van der Waals surface area contributed by atoms with Gasteiger partial charge in [-0.25, -0.2) is 9.78 Å². The van der Waals surface area contributed by atoms with Gasteiger partial charge < -0.3 is 14.9 Å². The van der Waals surface area contributed by atoms with E-state index in [0.29, 0.717) is 6.54 Å². The number of hydrogen-bond acceptors (Lipinski definition) is 4. The first-order chi connectivity index (χ1) is 8.86. The molecule has 6 nitrogen and oxygen atoms in total. The summed E-state index contributed by atoms with van der Waals surface area (Å²) in [5.74, 6) is -1.03. The topological polar surface area (TPSA) is 73.7 Å². The van der Waals surface area contributed by atoms with Crippen molar-refractivity contribution >= 4 is 29.3 Å². The maximum atomic E-state index is 11.7. The van der Waals surface area contributed by atoms with Gasteiger partial charge in [-0.3, -0.25) is 4.79 Å². The molecule has 0 aliphatic heterocycles. The van der Waals surface area contributed by atoms with E-state index in [1.807, 2.05) is 6.92 Å². The van der Waals surface area contributed by atoms with Crippen molar-refractivity contribution in [2.75, 3.05) is 32.1 Å². The quantitative estimate of drug-likeness (QED) is 0.827. The second-order valence-corrected chi connectivity index (χ2v) is 4.50. The summed E-state index contributed by atoms with van der Waals surface area (Å²) in [7, 11) is 3.28. The molecule has 104 valence electrons. The first-order valence-electron chi connectivity index (χ1n) is 5.71. The van der Waals surface area contributed by atoms with Gasteiger partial charge in [-0.05, 0) is 19.1 Å². The number of anilines is 1. The highest BCUT2D eigenvalue weighted by molar-refractivity contribution is 6.29. The first kappa shape index (κ1) is 15.2. The molecule has 0 spiro atoms. The Kier molecular flexibility index (Phi) is 5.11. The van der Waals surface area contributed by atoms with Crippen LogP contribution < -0.4 is 4.90 Å². The summed E-state index contributed by atoms with van der Waals surface area (Å²) in [6.07, 6.45) is 0. The molecule has 1 rings (SSSR count). The van der Waals surface area contributed by atoms with Gasteiger partial charge in [0.05, 0.1) is 6.54 Å². The molecule has 1 amide bonds. The van der Waals surface area contributed by atoms with Crippen molar-refractivity contribution < 1.29 is 14.7 Å². The Balaban J connectivity index is 3.13. The van der Waals surface area contributed by atoms with Crippen LogP contribution in [0, 0.1) is 0 Å². The van der Waals surface area contributed by atoms with E-state index in [1.54, 1.807) is 19.0 Å². The predicted molar refractivity (Wildman–Crippen MR) is 72.8 cm³/mol. The fourth-order valence-electron chi connectivity index (χ4n) is 1.47. The van der Waals surface area contributed by atoms with Gasteiger partial charge in [0.25, 0.3) is 0 Å². The van der Waals surface area contributed by atoms with E-state index in [2.05, 4.69) is 4.98 Å². The van der Waals surface area contributed by atoms with Crippen LogP contribution in [-0.4, -0.2) is 54.1 Å². The predicted octanol–water partition coefficient (Wildman–Crippen LogP) is 1.35. The second kappa shape index (κ2) is 6.38. The highest BCUT2D eigenvalue weighted by Crippen LogP contribution is 2.20. The molecule has 0 saturated heterocycles. The number of aromatic nitrogens is 1. The Bertz CT molecular complexity index is 491. The van der Waals surface area contributed by atoms with E-state index in [1.165, 1.54) is 17.0 Å². The number of carbonyl (C=O) groups excluding carboxylic acids is 1. The van der Waals surface area contributed by atoms with E-state index < -0.39 is 5.97 Å². The van der Waals surface area contributed by atoms with Gasteiger partial charge in [-0.2, -0.15) is 0 Å². The number of pyridine rings is 1. The van der Waals surface area contributed by atoms with Crippen LogP contribution in [0.5, 0.6) is 0 Å². The zero-order valence-corrected chi connectivity index (χ0v) is 11.8. The van der Waals surface area contributed by atoms with Gasteiger partial charge >= 0.3 is 5.97 Å². The monoisotopic (exact) mass is 285 g/mol. The number of carboxylic acid groups (broad SMARTS) is 1. The van der Waals surface area contributed by atoms with Crippen LogP contribution in [0.25, 0.3) is 0 Å². The number of hydrogen-bond donors (Lipinski definition) is 1. The number of carbonyl (C=O) groups is 2. The van der Waals surface area contributed by atoms with Gasteiger partial charge in [0, 0.05) is 20.6 Å². The van der Waals surface area contributed by atoms with E-state index in [9.17, 15) is 9.59 Å². The molecule has 19 heavy (non-hydrogen) atoms. The Morgan fingerprint density at radius 1 is 1.37 bits per heavy atom. The number of halogens is 1. The molecule has 1 aromatic rings. The number of carboxylic acids is 1. The summed E-state index contributed by atoms with van der Waals surface area (Å²) >= 11 is 5.80. The van der Waals surface area contributed by atoms with Crippen molar-refractivity contribution in [3.05, 3.63) is 22.8 Å². The minimum absolute atomic E-state index is 0.0257. The van der Waals surface area contributed by atoms with Gasteiger partial charge in [0.1, 0.15) is 16.5 Å². The van der Waals surface area contributed by atoms with Crippen molar-refractivity contribution in [1.82, 2.24) is 9.88 Å². The molecule has 1 aromatic heterocycles. The Hall–Kier alpha value is -1.82. The maximum absolute atomic E-state index is 11.7. The molecule has 0 fully saturated rings. The van der Waals surface area contributed by atoms with E-state index in [-0.39, 0.29) is 29.0 Å². The van der Waals surface area contributed by atoms with Crippen LogP contribution >= 0.6 is 11.6 Å². The highest BCUT2D eigenvalue weighted by Gasteiger charge is 2.20. The maximum Gasteiger partial charge on any atom is 0.339 e. The molecular formula is C12H16ClN3O3. The number of likely N-dealkylation sites (N-methyl/N-ethyl adjacent to an activating group) is 2. The number of nitrogens with zero attached hydrogens (tertiary/aromatic N) is 3. The lowest BCUT2D eigenvalue weighted by molar-refractivity contribution is -0.127. The lowest BCUT2D eigenvalue weighted by Crippen LogP contribution is -2.37. The van der Waals surface area contributed by atoms with Gasteiger partial charge in [-0.1, -0.05) is 11.6 Å². The van der Waals surface area contributed by atoms with Gasteiger partial charge in [-0.15, -0.1) is 0 Å². The summed E-state index contributed by atoms with van der Waals surface area (Å²) in [5.41, 5.74) is 0.0257. The Morgan fingerprint density at radius 2 is 2.00 bits per heavy atom. The zero-order chi connectivity index (χ0) is 14.6. The molecule has 1 N–H and O–H groups in total. The number of amides is 1. The smallest absolute Gasteiger partial charge is 0.339 e. The minimum atomic E-state index is -1.10. The molecular weight excluding hydrogens is 270 g/mol. The van der Waals surface area contributed by atoms with Gasteiger partial charge in [0.2, 0.25) is 5.91 Å². The second-order valence-electron chi connectivity index (χ2n) is 4.11. The Labute approximate surface area is 116 Å². The number of aromatic carboxylic acids is 1. The van der Waals surface area contributed by atoms with Crippen LogP contribution in [-0.2, 0) is 4.79 Å². The van der Waals surface area contributed by atoms with Crippen LogP contribution in [0.3, 0.4) is 0 Å². The van der Waals surface area contributed by atoms with Crippen LogP contribution in [0.4, 0.5) is 5.82 Å². The third kappa shape index (κ3) is 3.82. The average molecular weight is 286 g/mol. The SMILES string of the molecule is CCN(CC(=O)N(C)C)c1nc(Cl)ccc1C(=O)O. The standard InChI is InChI=1S/C12H16ClN3O3/c1-4-16(7-10(17)15(2)3)11-8(12(18)19)5-6-9(13)14-11/h5-6H,4,7H2,1-3H3,(H,18,19). The fourth-order valence-corrected chi connectivity index (χ4v) is 1.62. The summed E-state index contributed by atoms with van der Waals surface area (Å²) in [6, 6.07) is 2.80.